The lowest BCUT2D eigenvalue weighted by Gasteiger charge is -2.09. The average Bonchev–Trinajstić information content (AvgIpc) is 3.11. The molecule has 1 aromatic heterocycles. The van der Waals surface area contributed by atoms with E-state index in [1.165, 1.54) is 35.2 Å². The fraction of sp³-hybridized carbons (Fsp3) is 0.357. The van der Waals surface area contributed by atoms with Gasteiger partial charge in [-0.3, -0.25) is 4.79 Å². The van der Waals surface area contributed by atoms with E-state index in [-0.39, 0.29) is 35.0 Å². The normalized spacial score (nSPS) is 18.8. The predicted molar refractivity (Wildman–Crippen MR) is 95.5 cm³/mol. The van der Waals surface area contributed by atoms with E-state index in [2.05, 4.69) is 20.8 Å². The van der Waals surface area contributed by atoms with Crippen molar-refractivity contribution in [2.45, 2.75) is 16.8 Å². The summed E-state index contributed by atoms with van der Waals surface area (Å²) in [5.41, 5.74) is 0.563. The van der Waals surface area contributed by atoms with Crippen LogP contribution < -0.4 is 10.6 Å². The molecule has 0 aliphatic carbocycles. The SMILES string of the molecule is O=C(CSc1nnc(Nc2cccc(F)c2)s1)N[C@H]1CCS(=O)(=O)C1. The molecule has 1 fully saturated rings. The Bertz CT molecular complexity index is 872. The number of sulfone groups is 1. The van der Waals surface area contributed by atoms with Gasteiger partial charge in [0, 0.05) is 11.7 Å². The fourth-order valence-electron chi connectivity index (χ4n) is 2.31. The molecule has 1 aromatic carbocycles. The highest BCUT2D eigenvalue weighted by atomic mass is 32.2. The molecule has 1 saturated heterocycles. The Hall–Kier alpha value is -1.72. The van der Waals surface area contributed by atoms with Gasteiger partial charge >= 0.3 is 0 Å². The molecular formula is C14H15FN4O3S3. The minimum atomic E-state index is -3.01. The molecule has 134 valence electrons. The molecule has 0 bridgehead atoms. The van der Waals surface area contributed by atoms with Crippen molar-refractivity contribution in [2.24, 2.45) is 0 Å². The van der Waals surface area contributed by atoms with Crippen molar-refractivity contribution in [1.29, 1.82) is 0 Å². The number of carbonyl (C=O) groups is 1. The number of thioether (sulfide) groups is 1. The maximum atomic E-state index is 13.1. The second-order valence-electron chi connectivity index (χ2n) is 5.46. The van der Waals surface area contributed by atoms with E-state index < -0.39 is 9.84 Å². The maximum absolute atomic E-state index is 13.1. The number of benzene rings is 1. The molecule has 0 radical (unpaired) electrons. The molecule has 0 unspecified atom stereocenters. The van der Waals surface area contributed by atoms with Gasteiger partial charge in [-0.15, -0.1) is 10.2 Å². The van der Waals surface area contributed by atoms with Crippen LogP contribution in [0.1, 0.15) is 6.42 Å². The third-order valence-electron chi connectivity index (χ3n) is 3.41. The van der Waals surface area contributed by atoms with Crippen LogP contribution in [0.3, 0.4) is 0 Å². The first-order valence-electron chi connectivity index (χ1n) is 7.38. The second kappa shape index (κ2) is 7.67. The van der Waals surface area contributed by atoms with Crippen LogP contribution in [-0.2, 0) is 14.6 Å². The summed E-state index contributed by atoms with van der Waals surface area (Å²) in [4.78, 5) is 11.9. The standard InChI is InChI=1S/C14H15FN4O3S3/c15-9-2-1-3-10(6-9)17-13-18-19-14(24-13)23-7-12(20)16-11-4-5-25(21,22)8-11/h1-3,6,11H,4-5,7-8H2,(H,16,20)(H,17,18)/t11-/m0/s1. The number of halogens is 1. The third-order valence-corrected chi connectivity index (χ3v) is 7.15. The molecule has 7 nitrogen and oxygen atoms in total. The summed E-state index contributed by atoms with van der Waals surface area (Å²) >= 11 is 2.47. The number of amides is 1. The molecule has 0 spiro atoms. The van der Waals surface area contributed by atoms with Gasteiger partial charge in [-0.05, 0) is 24.6 Å². The van der Waals surface area contributed by atoms with E-state index in [9.17, 15) is 17.6 Å². The molecule has 1 atom stereocenters. The molecule has 2 aromatic rings. The Kier molecular flexibility index (Phi) is 5.54. The first kappa shape index (κ1) is 18.1. The Morgan fingerprint density at radius 2 is 2.24 bits per heavy atom. The zero-order chi connectivity index (χ0) is 17.9. The van der Waals surface area contributed by atoms with E-state index in [1.807, 2.05) is 0 Å². The Morgan fingerprint density at radius 1 is 1.40 bits per heavy atom. The average molecular weight is 402 g/mol. The number of nitrogens with zero attached hydrogens (tertiary/aromatic N) is 2. The highest BCUT2D eigenvalue weighted by molar-refractivity contribution is 8.01. The molecule has 2 N–H and O–H groups in total. The largest absolute Gasteiger partial charge is 0.352 e. The number of hydrogen-bond donors (Lipinski definition) is 2. The van der Waals surface area contributed by atoms with E-state index in [4.69, 9.17) is 0 Å². The molecule has 1 amide bonds. The number of aromatic nitrogens is 2. The summed E-state index contributed by atoms with van der Waals surface area (Å²) in [6.07, 6.45) is 0.458. The fourth-order valence-corrected chi connectivity index (χ4v) is 5.57. The van der Waals surface area contributed by atoms with Crippen LogP contribution in [0.4, 0.5) is 15.2 Å². The first-order chi connectivity index (χ1) is 11.9. The van der Waals surface area contributed by atoms with Gasteiger partial charge in [-0.25, -0.2) is 12.8 Å². The summed E-state index contributed by atoms with van der Waals surface area (Å²) in [6.45, 7) is 0. The van der Waals surface area contributed by atoms with Gasteiger partial charge in [0.2, 0.25) is 11.0 Å². The number of hydrogen-bond acceptors (Lipinski definition) is 8. The summed E-state index contributed by atoms with van der Waals surface area (Å²) in [5, 5.41) is 14.1. The van der Waals surface area contributed by atoms with Gasteiger partial charge in [0.05, 0.1) is 17.3 Å². The van der Waals surface area contributed by atoms with Gasteiger partial charge in [0.1, 0.15) is 5.82 Å². The van der Waals surface area contributed by atoms with Crippen LogP contribution >= 0.6 is 23.1 Å². The third kappa shape index (κ3) is 5.38. The molecule has 3 rings (SSSR count). The molecule has 1 aliphatic heterocycles. The van der Waals surface area contributed by atoms with Gasteiger partial charge in [0.25, 0.3) is 0 Å². The van der Waals surface area contributed by atoms with Gasteiger partial charge in [-0.2, -0.15) is 0 Å². The topological polar surface area (TPSA) is 101 Å². The van der Waals surface area contributed by atoms with Crippen LogP contribution in [0.15, 0.2) is 28.6 Å². The van der Waals surface area contributed by atoms with Crippen molar-refractivity contribution in [3.63, 3.8) is 0 Å². The second-order valence-corrected chi connectivity index (χ2v) is 9.89. The van der Waals surface area contributed by atoms with Gasteiger partial charge in [0.15, 0.2) is 14.2 Å². The van der Waals surface area contributed by atoms with E-state index in [1.54, 1.807) is 12.1 Å². The summed E-state index contributed by atoms with van der Waals surface area (Å²) in [6, 6.07) is 5.68. The Labute approximate surface area is 152 Å². The first-order valence-corrected chi connectivity index (χ1v) is 11.0. The van der Waals surface area contributed by atoms with Crippen molar-refractivity contribution >= 4 is 49.7 Å². The lowest BCUT2D eigenvalue weighted by Crippen LogP contribution is -2.36. The monoisotopic (exact) mass is 402 g/mol. The molecule has 11 heteroatoms. The zero-order valence-electron chi connectivity index (χ0n) is 12.9. The molecular weight excluding hydrogens is 387 g/mol. The molecule has 25 heavy (non-hydrogen) atoms. The minimum Gasteiger partial charge on any atom is -0.352 e. The quantitative estimate of drug-likeness (QED) is 0.711. The maximum Gasteiger partial charge on any atom is 0.230 e. The highest BCUT2D eigenvalue weighted by Crippen LogP contribution is 2.27. The van der Waals surface area contributed by atoms with Crippen LogP contribution in [0.5, 0.6) is 0 Å². The van der Waals surface area contributed by atoms with E-state index in [0.29, 0.717) is 21.6 Å². The number of nitrogens with one attached hydrogen (secondary N) is 2. The van der Waals surface area contributed by atoms with Crippen LogP contribution in [0, 0.1) is 5.82 Å². The summed E-state index contributed by atoms with van der Waals surface area (Å²) < 4.78 is 36.5. The lowest BCUT2D eigenvalue weighted by atomic mass is 10.3. The van der Waals surface area contributed by atoms with Crippen LogP contribution in [0.25, 0.3) is 0 Å². The molecule has 1 aliphatic rings. The van der Waals surface area contributed by atoms with Gasteiger partial charge in [-0.1, -0.05) is 29.2 Å². The van der Waals surface area contributed by atoms with Crippen molar-refractivity contribution in [3.8, 4) is 0 Å². The van der Waals surface area contributed by atoms with Crippen molar-refractivity contribution in [2.75, 3.05) is 22.6 Å². The van der Waals surface area contributed by atoms with Crippen LogP contribution in [0.2, 0.25) is 0 Å². The number of anilines is 2. The molecule has 2 heterocycles. The van der Waals surface area contributed by atoms with Crippen molar-refractivity contribution in [3.05, 3.63) is 30.1 Å². The lowest BCUT2D eigenvalue weighted by molar-refractivity contribution is -0.119. The summed E-state index contributed by atoms with van der Waals surface area (Å²) in [5.74, 6) is -0.331. The molecule has 0 saturated carbocycles. The summed E-state index contributed by atoms with van der Waals surface area (Å²) in [7, 11) is -3.01. The minimum absolute atomic E-state index is 0.00389. The van der Waals surface area contributed by atoms with Gasteiger partial charge < -0.3 is 10.6 Å². The predicted octanol–water partition coefficient (Wildman–Crippen LogP) is 1.82. The van der Waals surface area contributed by atoms with Crippen molar-refractivity contribution in [1.82, 2.24) is 15.5 Å². The van der Waals surface area contributed by atoms with E-state index in [0.717, 1.165) is 0 Å². The number of rotatable bonds is 6. The number of carbonyl (C=O) groups excluding carboxylic acids is 1. The van der Waals surface area contributed by atoms with E-state index >= 15 is 0 Å². The Balaban J connectivity index is 1.47. The van der Waals surface area contributed by atoms with Crippen LogP contribution in [-0.4, -0.2) is 47.8 Å². The van der Waals surface area contributed by atoms with Crippen molar-refractivity contribution < 1.29 is 17.6 Å². The highest BCUT2D eigenvalue weighted by Gasteiger charge is 2.28. The Morgan fingerprint density at radius 3 is 2.96 bits per heavy atom. The zero-order valence-corrected chi connectivity index (χ0v) is 15.4. The smallest absolute Gasteiger partial charge is 0.230 e.